The Hall–Kier alpha value is -1.62. The van der Waals surface area contributed by atoms with E-state index >= 15 is 0 Å². The maximum atomic E-state index is 10.8. The third kappa shape index (κ3) is 4.40. The molecule has 0 unspecified atom stereocenters. The van der Waals surface area contributed by atoms with Crippen molar-refractivity contribution < 1.29 is 14.6 Å². The fourth-order valence-electron chi connectivity index (χ4n) is 1.40. The van der Waals surface area contributed by atoms with Gasteiger partial charge in [-0.3, -0.25) is 0 Å². The third-order valence-electron chi connectivity index (χ3n) is 2.29. The van der Waals surface area contributed by atoms with Crippen LogP contribution in [0.3, 0.4) is 0 Å². The summed E-state index contributed by atoms with van der Waals surface area (Å²) >= 11 is 0. The van der Waals surface area contributed by atoms with E-state index < -0.39 is 5.97 Å². The van der Waals surface area contributed by atoms with Gasteiger partial charge in [-0.2, -0.15) is 0 Å². The first-order valence-corrected chi connectivity index (χ1v) is 5.49. The molecule has 94 valence electrons. The molecule has 5 heteroatoms. The van der Waals surface area contributed by atoms with Crippen molar-refractivity contribution in [2.75, 3.05) is 27.2 Å². The summed E-state index contributed by atoms with van der Waals surface area (Å²) in [6.45, 7) is 3.19. The molecule has 0 aliphatic rings. The van der Waals surface area contributed by atoms with Gasteiger partial charge in [-0.1, -0.05) is 0 Å². The van der Waals surface area contributed by atoms with E-state index in [0.717, 1.165) is 13.0 Å². The molecule has 1 rings (SSSR count). The second kappa shape index (κ2) is 6.20. The molecule has 1 heterocycles. The van der Waals surface area contributed by atoms with Gasteiger partial charge in [0.1, 0.15) is 0 Å². The number of carbonyl (C=O) groups is 1. The van der Waals surface area contributed by atoms with E-state index in [4.69, 9.17) is 9.84 Å². The third-order valence-corrected chi connectivity index (χ3v) is 2.29. The Morgan fingerprint density at radius 3 is 2.71 bits per heavy atom. The van der Waals surface area contributed by atoms with E-state index in [1.165, 1.54) is 6.07 Å². The summed E-state index contributed by atoms with van der Waals surface area (Å²) in [6.07, 6.45) is 0.911. The van der Waals surface area contributed by atoms with Gasteiger partial charge in [0.2, 0.25) is 5.88 Å². The lowest BCUT2D eigenvalue weighted by atomic mass is 10.2. The topological polar surface area (TPSA) is 62.7 Å². The first-order chi connectivity index (χ1) is 8.00. The highest BCUT2D eigenvalue weighted by molar-refractivity contribution is 5.88. The normalized spacial score (nSPS) is 10.6. The van der Waals surface area contributed by atoms with Gasteiger partial charge in [0.15, 0.2) is 0 Å². The molecular formula is C12H18N2O3. The van der Waals surface area contributed by atoms with Gasteiger partial charge < -0.3 is 14.7 Å². The minimum atomic E-state index is -0.964. The molecule has 0 fully saturated rings. The molecule has 0 aliphatic carbocycles. The van der Waals surface area contributed by atoms with Crippen LogP contribution in [0.15, 0.2) is 12.1 Å². The van der Waals surface area contributed by atoms with Crippen molar-refractivity contribution in [3.63, 3.8) is 0 Å². The number of ether oxygens (including phenoxy) is 1. The van der Waals surface area contributed by atoms with E-state index in [0.29, 0.717) is 18.2 Å². The molecule has 17 heavy (non-hydrogen) atoms. The molecule has 0 atom stereocenters. The summed E-state index contributed by atoms with van der Waals surface area (Å²) in [5.41, 5.74) is 0.688. The average Bonchev–Trinajstić information content (AvgIpc) is 2.23. The molecule has 5 nitrogen and oxygen atoms in total. The van der Waals surface area contributed by atoms with Crippen LogP contribution < -0.4 is 4.74 Å². The van der Waals surface area contributed by atoms with Crippen molar-refractivity contribution in [3.05, 3.63) is 23.4 Å². The zero-order valence-corrected chi connectivity index (χ0v) is 10.4. The molecule has 0 aliphatic heterocycles. The lowest BCUT2D eigenvalue weighted by Gasteiger charge is -2.10. The van der Waals surface area contributed by atoms with Crippen LogP contribution in [0.2, 0.25) is 0 Å². The molecule has 0 aromatic carbocycles. The Kier molecular flexibility index (Phi) is 4.90. The number of pyridine rings is 1. The van der Waals surface area contributed by atoms with Crippen LogP contribution in [0, 0.1) is 6.92 Å². The molecular weight excluding hydrogens is 220 g/mol. The summed E-state index contributed by atoms with van der Waals surface area (Å²) in [6, 6.07) is 3.11. The van der Waals surface area contributed by atoms with E-state index in [1.807, 2.05) is 14.1 Å². The molecule has 0 bridgehead atoms. The lowest BCUT2D eigenvalue weighted by Crippen LogP contribution is -2.15. The maximum absolute atomic E-state index is 10.8. The van der Waals surface area contributed by atoms with Gasteiger partial charge in [0.25, 0.3) is 0 Å². The van der Waals surface area contributed by atoms with E-state index in [1.54, 1.807) is 13.0 Å². The number of aryl methyl sites for hydroxylation is 1. The van der Waals surface area contributed by atoms with Crippen LogP contribution in [0.1, 0.15) is 22.5 Å². The fourth-order valence-corrected chi connectivity index (χ4v) is 1.40. The van der Waals surface area contributed by atoms with Gasteiger partial charge >= 0.3 is 5.97 Å². The standard InChI is InChI=1S/C12H18N2O3/c1-9-10(12(15)16)5-6-11(13-9)17-8-4-7-14(2)3/h5-6H,4,7-8H2,1-3H3,(H,15,16). The van der Waals surface area contributed by atoms with Crippen molar-refractivity contribution in [2.45, 2.75) is 13.3 Å². The van der Waals surface area contributed by atoms with E-state index in [2.05, 4.69) is 9.88 Å². The number of aromatic carboxylic acids is 1. The number of carboxylic acids is 1. The molecule has 1 aromatic rings. The minimum absolute atomic E-state index is 0.214. The lowest BCUT2D eigenvalue weighted by molar-refractivity contribution is 0.0695. The Balaban J connectivity index is 2.50. The minimum Gasteiger partial charge on any atom is -0.478 e. The number of carboxylic acid groups (broad SMARTS) is 1. The highest BCUT2D eigenvalue weighted by Gasteiger charge is 2.08. The monoisotopic (exact) mass is 238 g/mol. The zero-order valence-electron chi connectivity index (χ0n) is 10.4. The zero-order chi connectivity index (χ0) is 12.8. The van der Waals surface area contributed by atoms with Gasteiger partial charge in [-0.25, -0.2) is 9.78 Å². The summed E-state index contributed by atoms with van der Waals surface area (Å²) in [5.74, 6) is -0.486. The Bertz CT molecular complexity index is 391. The van der Waals surface area contributed by atoms with Crippen molar-refractivity contribution >= 4 is 5.97 Å². The molecule has 1 aromatic heterocycles. The number of rotatable bonds is 6. The first-order valence-electron chi connectivity index (χ1n) is 5.49. The Morgan fingerprint density at radius 2 is 2.18 bits per heavy atom. The highest BCUT2D eigenvalue weighted by Crippen LogP contribution is 2.12. The Morgan fingerprint density at radius 1 is 1.47 bits per heavy atom. The van der Waals surface area contributed by atoms with Crippen molar-refractivity contribution in [1.29, 1.82) is 0 Å². The van der Waals surface area contributed by atoms with Crippen LogP contribution in [0.25, 0.3) is 0 Å². The summed E-state index contributed by atoms with van der Waals surface area (Å²) in [7, 11) is 4.01. The number of nitrogens with zero attached hydrogens (tertiary/aromatic N) is 2. The van der Waals surface area contributed by atoms with Gasteiger partial charge in [0.05, 0.1) is 17.9 Å². The largest absolute Gasteiger partial charge is 0.478 e. The first kappa shape index (κ1) is 13.4. The SMILES string of the molecule is Cc1nc(OCCCN(C)C)ccc1C(=O)O. The van der Waals surface area contributed by atoms with Gasteiger partial charge in [0, 0.05) is 12.6 Å². The van der Waals surface area contributed by atoms with Crippen LogP contribution in [0.5, 0.6) is 5.88 Å². The number of aromatic nitrogens is 1. The van der Waals surface area contributed by atoms with Crippen molar-refractivity contribution in [1.82, 2.24) is 9.88 Å². The predicted octanol–water partition coefficient (Wildman–Crippen LogP) is 1.42. The number of hydrogen-bond acceptors (Lipinski definition) is 4. The van der Waals surface area contributed by atoms with Gasteiger partial charge in [-0.15, -0.1) is 0 Å². The quantitative estimate of drug-likeness (QED) is 0.759. The summed E-state index contributed by atoms with van der Waals surface area (Å²) in [4.78, 5) is 17.0. The van der Waals surface area contributed by atoms with Crippen LogP contribution in [0.4, 0.5) is 0 Å². The predicted molar refractivity (Wildman–Crippen MR) is 64.6 cm³/mol. The summed E-state index contributed by atoms with van der Waals surface area (Å²) < 4.78 is 5.44. The molecule has 0 saturated heterocycles. The highest BCUT2D eigenvalue weighted by atomic mass is 16.5. The second-order valence-electron chi connectivity index (χ2n) is 4.09. The molecule has 0 radical (unpaired) electrons. The van der Waals surface area contributed by atoms with Crippen LogP contribution in [-0.2, 0) is 0 Å². The smallest absolute Gasteiger partial charge is 0.337 e. The summed E-state index contributed by atoms with van der Waals surface area (Å²) in [5, 5.41) is 8.85. The maximum Gasteiger partial charge on any atom is 0.337 e. The number of hydrogen-bond donors (Lipinski definition) is 1. The average molecular weight is 238 g/mol. The van der Waals surface area contributed by atoms with Crippen LogP contribution >= 0.6 is 0 Å². The molecule has 1 N–H and O–H groups in total. The second-order valence-corrected chi connectivity index (χ2v) is 4.09. The Labute approximate surface area is 101 Å². The van der Waals surface area contributed by atoms with Gasteiger partial charge in [-0.05, 0) is 33.5 Å². The van der Waals surface area contributed by atoms with Crippen molar-refractivity contribution in [3.8, 4) is 5.88 Å². The van der Waals surface area contributed by atoms with E-state index in [-0.39, 0.29) is 5.56 Å². The van der Waals surface area contributed by atoms with E-state index in [9.17, 15) is 4.79 Å². The molecule has 0 saturated carbocycles. The molecule has 0 spiro atoms. The molecule has 0 amide bonds. The fraction of sp³-hybridized carbons (Fsp3) is 0.500. The van der Waals surface area contributed by atoms with Crippen molar-refractivity contribution in [2.24, 2.45) is 0 Å². The van der Waals surface area contributed by atoms with Crippen LogP contribution in [-0.4, -0.2) is 48.2 Å².